The number of phenolic OH excluding ortho intramolecular Hbond substituents is 1. The number of hydrazone groups is 1. The van der Waals surface area contributed by atoms with Crippen LogP contribution in [0.3, 0.4) is 0 Å². The molecule has 0 aliphatic carbocycles. The summed E-state index contributed by atoms with van der Waals surface area (Å²) in [6, 6.07) is 14.0. The minimum Gasteiger partial charge on any atom is -0.508 e. The zero-order chi connectivity index (χ0) is 20.6. The van der Waals surface area contributed by atoms with Gasteiger partial charge < -0.3 is 15.2 Å². The van der Waals surface area contributed by atoms with E-state index in [0.29, 0.717) is 6.42 Å². The van der Waals surface area contributed by atoms with E-state index in [1.54, 1.807) is 55.6 Å². The molecule has 2 rings (SSSR count). The van der Waals surface area contributed by atoms with Gasteiger partial charge in [-0.2, -0.15) is 5.10 Å². The Bertz CT molecular complexity index is 828. The van der Waals surface area contributed by atoms with Crippen molar-refractivity contribution in [3.05, 3.63) is 59.7 Å². The van der Waals surface area contributed by atoms with Crippen molar-refractivity contribution in [1.29, 1.82) is 0 Å². The van der Waals surface area contributed by atoms with E-state index in [1.807, 2.05) is 13.8 Å². The van der Waals surface area contributed by atoms with Gasteiger partial charge in [0.2, 0.25) is 11.8 Å². The van der Waals surface area contributed by atoms with Crippen LogP contribution in [0, 0.1) is 0 Å². The van der Waals surface area contributed by atoms with E-state index in [4.69, 9.17) is 4.74 Å². The molecule has 0 radical (unpaired) electrons. The first kappa shape index (κ1) is 21.0. The van der Waals surface area contributed by atoms with Crippen LogP contribution in [0.25, 0.3) is 0 Å². The second-order valence-corrected chi connectivity index (χ2v) is 7.02. The Kier molecular flexibility index (Phi) is 7.14. The molecule has 0 saturated heterocycles. The number of amides is 2. The molecule has 2 aromatic carbocycles. The Labute approximate surface area is 164 Å². The molecule has 0 spiro atoms. The number of ether oxygens (including phenoxy) is 1. The van der Waals surface area contributed by atoms with E-state index in [1.165, 1.54) is 6.21 Å². The van der Waals surface area contributed by atoms with Gasteiger partial charge in [-0.15, -0.1) is 0 Å². The highest BCUT2D eigenvalue weighted by Crippen LogP contribution is 2.16. The zero-order valence-corrected chi connectivity index (χ0v) is 16.2. The lowest BCUT2D eigenvalue weighted by molar-refractivity contribution is -0.130. The molecule has 7 heteroatoms. The van der Waals surface area contributed by atoms with E-state index in [0.717, 1.165) is 16.9 Å². The van der Waals surface area contributed by atoms with Crippen molar-refractivity contribution in [1.82, 2.24) is 10.7 Å². The van der Waals surface area contributed by atoms with Crippen LogP contribution in [0.15, 0.2) is 53.6 Å². The van der Waals surface area contributed by atoms with Crippen LogP contribution in [0.5, 0.6) is 11.5 Å². The van der Waals surface area contributed by atoms with Gasteiger partial charge in [-0.1, -0.05) is 12.1 Å². The quantitative estimate of drug-likeness (QED) is 0.370. The van der Waals surface area contributed by atoms with Crippen molar-refractivity contribution in [2.45, 2.75) is 32.2 Å². The summed E-state index contributed by atoms with van der Waals surface area (Å²) in [4.78, 5) is 24.0. The van der Waals surface area contributed by atoms with Gasteiger partial charge in [-0.3, -0.25) is 9.59 Å². The van der Waals surface area contributed by atoms with E-state index in [-0.39, 0.29) is 18.1 Å². The van der Waals surface area contributed by atoms with E-state index in [9.17, 15) is 14.7 Å². The summed E-state index contributed by atoms with van der Waals surface area (Å²) in [5.41, 5.74) is 3.56. The molecule has 0 aromatic heterocycles. The molecule has 0 saturated carbocycles. The van der Waals surface area contributed by atoms with Gasteiger partial charge in [-0.25, -0.2) is 5.43 Å². The third-order valence-corrected chi connectivity index (χ3v) is 3.90. The number of nitrogens with zero attached hydrogens (tertiary/aromatic N) is 1. The number of rotatable bonds is 8. The predicted octanol–water partition coefficient (Wildman–Crippen LogP) is 2.38. The molecule has 2 aromatic rings. The highest BCUT2D eigenvalue weighted by molar-refractivity contribution is 5.97. The van der Waals surface area contributed by atoms with Gasteiger partial charge in [0.25, 0.3) is 0 Å². The molecule has 3 N–H and O–H groups in total. The topological polar surface area (TPSA) is 100 Å². The fraction of sp³-hybridized carbons (Fsp3) is 0.286. The normalized spacial score (nSPS) is 11.2. The summed E-state index contributed by atoms with van der Waals surface area (Å²) in [6.45, 7) is 3.75. The molecule has 0 bridgehead atoms. The predicted molar refractivity (Wildman–Crippen MR) is 107 cm³/mol. The fourth-order valence-electron chi connectivity index (χ4n) is 2.64. The molecule has 0 atom stereocenters. The third kappa shape index (κ3) is 7.11. The monoisotopic (exact) mass is 383 g/mol. The summed E-state index contributed by atoms with van der Waals surface area (Å²) >= 11 is 0. The van der Waals surface area contributed by atoms with Crippen LogP contribution in [-0.2, 0) is 16.0 Å². The number of hydrogen-bond acceptors (Lipinski definition) is 5. The molecule has 2 amide bonds. The average Bonchev–Trinajstić information content (AvgIpc) is 2.63. The smallest absolute Gasteiger partial charge is 0.249 e. The number of aromatic hydroxyl groups is 1. The van der Waals surface area contributed by atoms with Crippen LogP contribution in [-0.4, -0.2) is 35.8 Å². The van der Waals surface area contributed by atoms with Crippen molar-refractivity contribution < 1.29 is 19.4 Å². The number of methoxy groups -OCH3 is 1. The first-order valence-corrected chi connectivity index (χ1v) is 8.82. The second kappa shape index (κ2) is 9.55. The summed E-state index contributed by atoms with van der Waals surface area (Å²) in [6.07, 6.45) is 1.74. The number of phenols is 1. The van der Waals surface area contributed by atoms with Crippen molar-refractivity contribution in [3.8, 4) is 11.5 Å². The first-order chi connectivity index (χ1) is 13.3. The Morgan fingerprint density at radius 3 is 2.32 bits per heavy atom. The minimum absolute atomic E-state index is 0.192. The molecule has 148 valence electrons. The Morgan fingerprint density at radius 2 is 1.71 bits per heavy atom. The summed E-state index contributed by atoms with van der Waals surface area (Å²) in [7, 11) is 1.58. The van der Waals surface area contributed by atoms with Gasteiger partial charge in [-0.05, 0) is 67.8 Å². The molecule has 7 nitrogen and oxygen atoms in total. The third-order valence-electron chi connectivity index (χ3n) is 3.90. The van der Waals surface area contributed by atoms with Gasteiger partial charge >= 0.3 is 0 Å². The average molecular weight is 383 g/mol. The van der Waals surface area contributed by atoms with Gasteiger partial charge in [0.15, 0.2) is 0 Å². The number of carbonyl (C=O) groups is 2. The molecule has 0 aliphatic heterocycles. The lowest BCUT2D eigenvalue weighted by Crippen LogP contribution is -2.46. The molecule has 0 aliphatic rings. The lowest BCUT2D eigenvalue weighted by atomic mass is 9.94. The molecular formula is C21H25N3O4. The van der Waals surface area contributed by atoms with Crippen LogP contribution in [0.4, 0.5) is 0 Å². The largest absolute Gasteiger partial charge is 0.508 e. The Morgan fingerprint density at radius 1 is 1.07 bits per heavy atom. The highest BCUT2D eigenvalue weighted by atomic mass is 16.5. The van der Waals surface area contributed by atoms with Crippen LogP contribution in [0.1, 0.15) is 31.4 Å². The van der Waals surface area contributed by atoms with Crippen molar-refractivity contribution in [2.75, 3.05) is 7.11 Å². The zero-order valence-electron chi connectivity index (χ0n) is 16.2. The first-order valence-electron chi connectivity index (χ1n) is 8.82. The number of carbonyl (C=O) groups excluding carboxylic acids is 2. The van der Waals surface area contributed by atoms with Crippen LogP contribution in [0.2, 0.25) is 0 Å². The van der Waals surface area contributed by atoms with Crippen molar-refractivity contribution in [2.24, 2.45) is 5.10 Å². The number of nitrogens with one attached hydrogen (secondary N) is 2. The van der Waals surface area contributed by atoms with Gasteiger partial charge in [0.05, 0.1) is 13.3 Å². The maximum absolute atomic E-state index is 12.1. The number of benzene rings is 2. The summed E-state index contributed by atoms with van der Waals surface area (Å²) < 4.78 is 5.07. The maximum Gasteiger partial charge on any atom is 0.249 e. The molecular weight excluding hydrogens is 358 g/mol. The fourth-order valence-corrected chi connectivity index (χ4v) is 2.64. The molecule has 28 heavy (non-hydrogen) atoms. The molecule has 0 unspecified atom stereocenters. The molecule has 0 fully saturated rings. The highest BCUT2D eigenvalue weighted by Gasteiger charge is 2.22. The molecule has 0 heterocycles. The number of hydrogen-bond donors (Lipinski definition) is 3. The Hall–Kier alpha value is -3.35. The van der Waals surface area contributed by atoms with Crippen LogP contribution < -0.4 is 15.5 Å². The summed E-state index contributed by atoms with van der Waals surface area (Å²) in [5, 5.41) is 16.0. The standard InChI is InChI=1S/C21H25N3O4/c1-21(2,13-15-4-8-17(25)9-5-15)23-19(26)12-20(27)24-22-14-16-6-10-18(28-3)11-7-16/h4-11,14,25H,12-13H2,1-3H3,(H,23,26)(H,24,27). The van der Waals surface area contributed by atoms with Crippen molar-refractivity contribution >= 4 is 18.0 Å². The van der Waals surface area contributed by atoms with Gasteiger partial charge in [0.1, 0.15) is 17.9 Å². The SMILES string of the molecule is COc1ccc(C=NNC(=O)CC(=O)NC(C)(C)Cc2ccc(O)cc2)cc1. The van der Waals surface area contributed by atoms with Crippen LogP contribution >= 0.6 is 0 Å². The second-order valence-electron chi connectivity index (χ2n) is 7.02. The van der Waals surface area contributed by atoms with E-state index >= 15 is 0 Å². The summed E-state index contributed by atoms with van der Waals surface area (Å²) in [5.74, 6) is 0.0360. The maximum atomic E-state index is 12.1. The van der Waals surface area contributed by atoms with E-state index in [2.05, 4.69) is 15.8 Å². The minimum atomic E-state index is -0.541. The van der Waals surface area contributed by atoms with E-state index < -0.39 is 11.4 Å². The lowest BCUT2D eigenvalue weighted by Gasteiger charge is -2.26. The van der Waals surface area contributed by atoms with Gasteiger partial charge in [0, 0.05) is 5.54 Å². The van der Waals surface area contributed by atoms with Crippen molar-refractivity contribution in [3.63, 3.8) is 0 Å². The Balaban J connectivity index is 1.79.